The molecule has 0 radical (unpaired) electrons. The largest absolute Gasteiger partial charge is 0.497 e. The van der Waals surface area contributed by atoms with Gasteiger partial charge in [-0.25, -0.2) is 0 Å². The first-order chi connectivity index (χ1) is 12.2. The number of nitrogens with zero attached hydrogens (tertiary/aromatic N) is 2. The highest BCUT2D eigenvalue weighted by Crippen LogP contribution is 2.34. The third-order valence-electron chi connectivity index (χ3n) is 3.68. The van der Waals surface area contributed by atoms with Crippen LogP contribution in [0.15, 0.2) is 18.2 Å². The van der Waals surface area contributed by atoms with Crippen LogP contribution in [0.5, 0.6) is 11.5 Å². The summed E-state index contributed by atoms with van der Waals surface area (Å²) in [5.41, 5.74) is -1.00. The molecule has 1 amide bonds. The highest BCUT2D eigenvalue weighted by molar-refractivity contribution is 6.06. The van der Waals surface area contributed by atoms with Gasteiger partial charge in [-0.05, 0) is 25.5 Å². The Kier molecular flexibility index (Phi) is 5.79. The number of carbonyl (C=O) groups is 1. The minimum absolute atomic E-state index is 0.0282. The van der Waals surface area contributed by atoms with Crippen LogP contribution in [0.25, 0.3) is 0 Å². The summed E-state index contributed by atoms with van der Waals surface area (Å²) in [4.78, 5) is 12.6. The number of methoxy groups -OCH3 is 1. The maximum Gasteiger partial charge on any atom is 0.435 e. The summed E-state index contributed by atoms with van der Waals surface area (Å²) in [6.45, 7) is 3.56. The Hall–Kier alpha value is -2.71. The molecule has 142 valence electrons. The van der Waals surface area contributed by atoms with Crippen molar-refractivity contribution in [3.05, 3.63) is 35.0 Å². The molecule has 0 aliphatic carbocycles. The Morgan fingerprint density at radius 1 is 1.35 bits per heavy atom. The minimum Gasteiger partial charge on any atom is -0.497 e. The Bertz CT molecular complexity index is 801. The number of anilines is 1. The van der Waals surface area contributed by atoms with Gasteiger partial charge >= 0.3 is 6.18 Å². The zero-order valence-corrected chi connectivity index (χ0v) is 14.9. The van der Waals surface area contributed by atoms with Crippen LogP contribution in [0.3, 0.4) is 0 Å². The number of carbonyl (C=O) groups excluding carboxylic acids is 1. The lowest BCUT2D eigenvalue weighted by Crippen LogP contribution is -2.17. The second-order valence-corrected chi connectivity index (χ2v) is 5.61. The molecule has 1 aromatic carbocycles. The number of aromatic nitrogens is 2. The molecule has 1 heterocycles. The second-order valence-electron chi connectivity index (χ2n) is 5.61. The predicted octanol–water partition coefficient (Wildman–Crippen LogP) is 3.80. The maximum absolute atomic E-state index is 13.0. The fourth-order valence-corrected chi connectivity index (χ4v) is 2.40. The molecule has 0 spiro atoms. The van der Waals surface area contributed by atoms with E-state index in [1.807, 2.05) is 6.92 Å². The van der Waals surface area contributed by atoms with Gasteiger partial charge in [0.05, 0.1) is 19.3 Å². The first-order valence-electron chi connectivity index (χ1n) is 7.92. The third-order valence-corrected chi connectivity index (χ3v) is 3.68. The van der Waals surface area contributed by atoms with Crippen molar-refractivity contribution in [3.8, 4) is 11.5 Å². The zero-order chi connectivity index (χ0) is 19.5. The lowest BCUT2D eigenvalue weighted by molar-refractivity contribution is -0.141. The van der Waals surface area contributed by atoms with Crippen molar-refractivity contribution in [1.82, 2.24) is 9.78 Å². The van der Waals surface area contributed by atoms with Gasteiger partial charge in [-0.3, -0.25) is 9.48 Å². The van der Waals surface area contributed by atoms with Gasteiger partial charge < -0.3 is 14.8 Å². The first-order valence-corrected chi connectivity index (χ1v) is 7.92. The number of amides is 1. The first kappa shape index (κ1) is 19.6. The van der Waals surface area contributed by atoms with Crippen molar-refractivity contribution >= 4 is 11.7 Å². The van der Waals surface area contributed by atoms with Gasteiger partial charge in [-0.2, -0.15) is 18.3 Å². The molecule has 0 unspecified atom stereocenters. The monoisotopic (exact) mass is 371 g/mol. The summed E-state index contributed by atoms with van der Waals surface area (Å²) in [7, 11) is 2.82. The SMILES string of the molecule is CCCOc1cc(OC)ccc1C(=O)Nc1c(C)c(C(F)(F)F)nn1C. The molecule has 0 aliphatic rings. The van der Waals surface area contributed by atoms with Gasteiger partial charge in [0.2, 0.25) is 0 Å². The molecule has 2 rings (SSSR count). The van der Waals surface area contributed by atoms with Crippen LogP contribution in [0, 0.1) is 6.92 Å². The van der Waals surface area contributed by atoms with Gasteiger partial charge in [0.25, 0.3) is 5.91 Å². The molecule has 6 nitrogen and oxygen atoms in total. The number of halogens is 3. The second kappa shape index (κ2) is 7.67. The van der Waals surface area contributed by atoms with Crippen molar-refractivity contribution in [2.45, 2.75) is 26.4 Å². The quantitative estimate of drug-likeness (QED) is 0.839. The molecule has 0 aliphatic heterocycles. The summed E-state index contributed by atoms with van der Waals surface area (Å²) in [5, 5.41) is 5.94. The molecule has 0 fully saturated rings. The average Bonchev–Trinajstić information content (AvgIpc) is 2.87. The lowest BCUT2D eigenvalue weighted by atomic mass is 10.1. The van der Waals surface area contributed by atoms with Crippen molar-refractivity contribution in [1.29, 1.82) is 0 Å². The smallest absolute Gasteiger partial charge is 0.435 e. The Balaban J connectivity index is 2.35. The fraction of sp³-hybridized carbons (Fsp3) is 0.412. The van der Waals surface area contributed by atoms with Crippen LogP contribution in [-0.2, 0) is 13.2 Å². The van der Waals surface area contributed by atoms with E-state index in [-0.39, 0.29) is 16.9 Å². The standard InChI is InChI=1S/C17H20F3N3O3/c1-5-8-26-13-9-11(25-4)6-7-12(13)16(24)21-15-10(2)14(17(18,19)20)22-23(15)3/h6-7,9H,5,8H2,1-4H3,(H,21,24). The van der Waals surface area contributed by atoms with Crippen LogP contribution in [0.2, 0.25) is 0 Å². The summed E-state index contributed by atoms with van der Waals surface area (Å²) in [6, 6.07) is 4.63. The minimum atomic E-state index is -4.60. The molecule has 9 heteroatoms. The van der Waals surface area contributed by atoms with E-state index in [9.17, 15) is 18.0 Å². The van der Waals surface area contributed by atoms with Crippen molar-refractivity contribution in [2.75, 3.05) is 19.0 Å². The topological polar surface area (TPSA) is 65.4 Å². The van der Waals surface area contributed by atoms with Gasteiger partial charge in [0, 0.05) is 18.7 Å². The molecule has 0 saturated heterocycles. The van der Waals surface area contributed by atoms with Crippen LogP contribution in [-0.4, -0.2) is 29.4 Å². The van der Waals surface area contributed by atoms with Crippen LogP contribution >= 0.6 is 0 Å². The van der Waals surface area contributed by atoms with Crippen LogP contribution < -0.4 is 14.8 Å². The van der Waals surface area contributed by atoms with E-state index in [1.54, 1.807) is 12.1 Å². The molecular weight excluding hydrogens is 351 g/mol. The Morgan fingerprint density at radius 3 is 2.58 bits per heavy atom. The third kappa shape index (κ3) is 4.09. The Labute approximate surface area is 148 Å². The molecule has 1 N–H and O–H groups in total. The van der Waals surface area contributed by atoms with Crippen LogP contribution in [0.4, 0.5) is 19.0 Å². The van der Waals surface area contributed by atoms with Gasteiger partial charge in [-0.15, -0.1) is 0 Å². The molecule has 0 bridgehead atoms. The average molecular weight is 371 g/mol. The number of nitrogens with one attached hydrogen (secondary N) is 1. The van der Waals surface area contributed by atoms with Crippen LogP contribution in [0.1, 0.15) is 35.0 Å². The fourth-order valence-electron chi connectivity index (χ4n) is 2.40. The summed E-state index contributed by atoms with van der Waals surface area (Å²) in [5.74, 6) is 0.168. The van der Waals surface area contributed by atoms with E-state index in [0.29, 0.717) is 18.1 Å². The van der Waals surface area contributed by atoms with Crippen molar-refractivity contribution in [2.24, 2.45) is 7.05 Å². The lowest BCUT2D eigenvalue weighted by Gasteiger charge is -2.13. The summed E-state index contributed by atoms with van der Waals surface area (Å²) >= 11 is 0. The maximum atomic E-state index is 13.0. The predicted molar refractivity (Wildman–Crippen MR) is 89.7 cm³/mol. The number of hydrogen-bond acceptors (Lipinski definition) is 4. The molecule has 1 aromatic heterocycles. The van der Waals surface area contributed by atoms with E-state index in [4.69, 9.17) is 9.47 Å². The number of rotatable bonds is 6. The number of benzene rings is 1. The number of aryl methyl sites for hydroxylation is 1. The summed E-state index contributed by atoms with van der Waals surface area (Å²) < 4.78 is 50.6. The van der Waals surface area contributed by atoms with E-state index in [2.05, 4.69) is 10.4 Å². The molecule has 0 atom stereocenters. The van der Waals surface area contributed by atoms with E-state index in [1.165, 1.54) is 27.1 Å². The van der Waals surface area contributed by atoms with E-state index in [0.717, 1.165) is 11.1 Å². The molecule has 26 heavy (non-hydrogen) atoms. The molecule has 2 aromatic rings. The zero-order valence-electron chi connectivity index (χ0n) is 14.9. The number of alkyl halides is 3. The number of hydrogen-bond donors (Lipinski definition) is 1. The molecule has 0 saturated carbocycles. The normalized spacial score (nSPS) is 11.3. The van der Waals surface area contributed by atoms with E-state index >= 15 is 0 Å². The highest BCUT2D eigenvalue weighted by Gasteiger charge is 2.37. The van der Waals surface area contributed by atoms with Crippen molar-refractivity contribution < 1.29 is 27.4 Å². The summed E-state index contributed by atoms with van der Waals surface area (Å²) in [6.07, 6.45) is -3.87. The highest BCUT2D eigenvalue weighted by atomic mass is 19.4. The van der Waals surface area contributed by atoms with Crippen molar-refractivity contribution in [3.63, 3.8) is 0 Å². The number of ether oxygens (including phenoxy) is 2. The van der Waals surface area contributed by atoms with Gasteiger partial charge in [0.15, 0.2) is 5.69 Å². The Morgan fingerprint density at radius 2 is 2.04 bits per heavy atom. The van der Waals surface area contributed by atoms with Gasteiger partial charge in [0.1, 0.15) is 17.3 Å². The van der Waals surface area contributed by atoms with E-state index < -0.39 is 17.8 Å². The van der Waals surface area contributed by atoms with Gasteiger partial charge in [-0.1, -0.05) is 6.92 Å². The molecular formula is C17H20F3N3O3.